The van der Waals surface area contributed by atoms with Crippen molar-refractivity contribution in [1.29, 1.82) is 0 Å². The third-order valence-corrected chi connectivity index (χ3v) is 3.12. The zero-order valence-electron chi connectivity index (χ0n) is 9.28. The van der Waals surface area contributed by atoms with Gasteiger partial charge in [0.2, 0.25) is 0 Å². The van der Waals surface area contributed by atoms with Crippen LogP contribution in [-0.4, -0.2) is 10.3 Å². The van der Waals surface area contributed by atoms with Crippen LogP contribution in [0.15, 0.2) is 42.7 Å². The molecule has 0 aliphatic carbocycles. The van der Waals surface area contributed by atoms with Gasteiger partial charge in [0.15, 0.2) is 0 Å². The SMILES string of the molecule is CC(=CCCBr)c1cccc2cnccc12. The molecule has 0 amide bonds. The van der Waals surface area contributed by atoms with E-state index < -0.39 is 0 Å². The van der Waals surface area contributed by atoms with Crippen LogP contribution in [0.3, 0.4) is 0 Å². The number of allylic oxidation sites excluding steroid dienone is 2. The van der Waals surface area contributed by atoms with E-state index in [0.717, 1.165) is 11.8 Å². The van der Waals surface area contributed by atoms with Gasteiger partial charge in [-0.05, 0) is 35.9 Å². The van der Waals surface area contributed by atoms with Crippen molar-refractivity contribution in [2.24, 2.45) is 0 Å². The average Bonchev–Trinajstić information content (AvgIpc) is 2.35. The van der Waals surface area contributed by atoms with E-state index in [4.69, 9.17) is 0 Å². The molecule has 2 aromatic rings. The maximum atomic E-state index is 4.15. The molecule has 1 nitrogen and oxygen atoms in total. The minimum atomic E-state index is 1.01. The molecule has 0 fully saturated rings. The molecule has 0 radical (unpaired) electrons. The number of halogens is 1. The summed E-state index contributed by atoms with van der Waals surface area (Å²) in [6.45, 7) is 2.16. The smallest absolute Gasteiger partial charge is 0.0346 e. The van der Waals surface area contributed by atoms with Gasteiger partial charge in [-0.15, -0.1) is 0 Å². The van der Waals surface area contributed by atoms with Crippen molar-refractivity contribution in [2.75, 3.05) is 5.33 Å². The van der Waals surface area contributed by atoms with Crippen LogP contribution in [0.25, 0.3) is 16.3 Å². The summed E-state index contributed by atoms with van der Waals surface area (Å²) >= 11 is 3.45. The zero-order chi connectivity index (χ0) is 11.4. The van der Waals surface area contributed by atoms with E-state index in [0.29, 0.717) is 0 Å². The number of hydrogen-bond acceptors (Lipinski definition) is 1. The Morgan fingerprint density at radius 1 is 1.38 bits per heavy atom. The lowest BCUT2D eigenvalue weighted by molar-refractivity contribution is 1.26. The van der Waals surface area contributed by atoms with Gasteiger partial charge in [-0.1, -0.05) is 40.2 Å². The van der Waals surface area contributed by atoms with Crippen LogP contribution in [0.2, 0.25) is 0 Å². The third kappa shape index (κ3) is 2.33. The summed E-state index contributed by atoms with van der Waals surface area (Å²) in [6.07, 6.45) is 7.09. The molecule has 82 valence electrons. The third-order valence-electron chi connectivity index (χ3n) is 2.67. The first-order chi connectivity index (χ1) is 7.83. The number of aromatic nitrogens is 1. The molecule has 0 spiro atoms. The first kappa shape index (κ1) is 11.3. The molecule has 0 saturated carbocycles. The average molecular weight is 276 g/mol. The molecule has 1 aromatic heterocycles. The Labute approximate surface area is 104 Å². The van der Waals surface area contributed by atoms with E-state index in [2.05, 4.69) is 58.2 Å². The van der Waals surface area contributed by atoms with Gasteiger partial charge in [0.1, 0.15) is 0 Å². The molecule has 2 heteroatoms. The molecule has 0 N–H and O–H groups in total. The van der Waals surface area contributed by atoms with Crippen LogP contribution in [0.5, 0.6) is 0 Å². The normalized spacial score (nSPS) is 12.0. The van der Waals surface area contributed by atoms with Gasteiger partial charge in [0.05, 0.1) is 0 Å². The molecule has 1 heterocycles. The molecule has 0 aliphatic rings. The molecular weight excluding hydrogens is 262 g/mol. The van der Waals surface area contributed by atoms with Crippen molar-refractivity contribution in [3.05, 3.63) is 48.3 Å². The van der Waals surface area contributed by atoms with Crippen molar-refractivity contribution >= 4 is 32.3 Å². The van der Waals surface area contributed by atoms with Gasteiger partial charge >= 0.3 is 0 Å². The first-order valence-electron chi connectivity index (χ1n) is 5.39. The number of fused-ring (bicyclic) bond motifs is 1. The quantitative estimate of drug-likeness (QED) is 0.756. The van der Waals surface area contributed by atoms with Crippen LogP contribution in [0.1, 0.15) is 18.9 Å². The van der Waals surface area contributed by atoms with Crippen molar-refractivity contribution in [1.82, 2.24) is 4.98 Å². The van der Waals surface area contributed by atoms with E-state index >= 15 is 0 Å². The van der Waals surface area contributed by atoms with Crippen molar-refractivity contribution < 1.29 is 0 Å². The van der Waals surface area contributed by atoms with E-state index in [1.807, 2.05) is 12.4 Å². The van der Waals surface area contributed by atoms with Crippen LogP contribution < -0.4 is 0 Å². The number of nitrogens with zero attached hydrogens (tertiary/aromatic N) is 1. The Morgan fingerprint density at radius 3 is 3.06 bits per heavy atom. The molecule has 16 heavy (non-hydrogen) atoms. The lowest BCUT2D eigenvalue weighted by Crippen LogP contribution is -1.84. The predicted octanol–water partition coefficient (Wildman–Crippen LogP) is 4.42. The fraction of sp³-hybridized carbons (Fsp3) is 0.214. The number of pyridine rings is 1. The van der Waals surface area contributed by atoms with Gasteiger partial charge in [0.25, 0.3) is 0 Å². The first-order valence-corrected chi connectivity index (χ1v) is 6.51. The Kier molecular flexibility index (Phi) is 3.73. The van der Waals surface area contributed by atoms with E-state index in [-0.39, 0.29) is 0 Å². The van der Waals surface area contributed by atoms with E-state index in [9.17, 15) is 0 Å². The summed E-state index contributed by atoms with van der Waals surface area (Å²) in [5, 5.41) is 3.49. The standard InChI is InChI=1S/C14H14BrN/c1-11(4-3-8-15)13-6-2-5-12-10-16-9-7-14(12)13/h2,4-7,9-10H,3,8H2,1H3. The molecular formula is C14H14BrN. The van der Waals surface area contributed by atoms with Crippen LogP contribution in [0.4, 0.5) is 0 Å². The maximum Gasteiger partial charge on any atom is 0.0346 e. The van der Waals surface area contributed by atoms with Crippen molar-refractivity contribution in [3.8, 4) is 0 Å². The second kappa shape index (κ2) is 5.26. The molecule has 1 aromatic carbocycles. The molecule has 0 atom stereocenters. The van der Waals surface area contributed by atoms with Gasteiger partial charge in [-0.2, -0.15) is 0 Å². The zero-order valence-corrected chi connectivity index (χ0v) is 10.9. The highest BCUT2D eigenvalue weighted by Gasteiger charge is 2.01. The van der Waals surface area contributed by atoms with E-state index in [1.54, 1.807) is 0 Å². The van der Waals surface area contributed by atoms with Crippen molar-refractivity contribution in [2.45, 2.75) is 13.3 Å². The lowest BCUT2D eigenvalue weighted by Gasteiger charge is -2.06. The minimum absolute atomic E-state index is 1.01. The number of rotatable bonds is 3. The number of alkyl halides is 1. The monoisotopic (exact) mass is 275 g/mol. The second-order valence-electron chi connectivity index (χ2n) is 3.77. The minimum Gasteiger partial charge on any atom is -0.264 e. The topological polar surface area (TPSA) is 12.9 Å². The highest BCUT2D eigenvalue weighted by molar-refractivity contribution is 9.09. The van der Waals surface area contributed by atoms with Gasteiger partial charge in [0, 0.05) is 23.1 Å². The molecule has 0 unspecified atom stereocenters. The Morgan fingerprint density at radius 2 is 2.25 bits per heavy atom. The highest BCUT2D eigenvalue weighted by atomic mass is 79.9. The predicted molar refractivity (Wildman–Crippen MR) is 73.8 cm³/mol. The molecule has 2 rings (SSSR count). The summed E-state index contributed by atoms with van der Waals surface area (Å²) in [4.78, 5) is 4.15. The summed E-state index contributed by atoms with van der Waals surface area (Å²) < 4.78 is 0. The summed E-state index contributed by atoms with van der Waals surface area (Å²) in [6, 6.07) is 8.44. The van der Waals surface area contributed by atoms with Crippen LogP contribution in [-0.2, 0) is 0 Å². The summed E-state index contributed by atoms with van der Waals surface area (Å²) in [5.41, 5.74) is 2.64. The maximum absolute atomic E-state index is 4.15. The van der Waals surface area contributed by atoms with E-state index in [1.165, 1.54) is 21.9 Å². The number of hydrogen-bond donors (Lipinski definition) is 0. The van der Waals surface area contributed by atoms with Crippen molar-refractivity contribution in [3.63, 3.8) is 0 Å². The lowest BCUT2D eigenvalue weighted by atomic mass is 10.00. The van der Waals surface area contributed by atoms with Crippen LogP contribution >= 0.6 is 15.9 Å². The highest BCUT2D eigenvalue weighted by Crippen LogP contribution is 2.24. The Balaban J connectivity index is 2.52. The molecule has 0 aliphatic heterocycles. The molecule has 0 saturated heterocycles. The van der Waals surface area contributed by atoms with Gasteiger partial charge in [-0.3, -0.25) is 4.98 Å². The van der Waals surface area contributed by atoms with Crippen LogP contribution in [0, 0.1) is 0 Å². The van der Waals surface area contributed by atoms with Gasteiger partial charge < -0.3 is 0 Å². The Hall–Kier alpha value is -1.15. The van der Waals surface area contributed by atoms with Gasteiger partial charge in [-0.25, -0.2) is 0 Å². The second-order valence-corrected chi connectivity index (χ2v) is 4.56. The summed E-state index contributed by atoms with van der Waals surface area (Å²) in [5.74, 6) is 0. The number of benzene rings is 1. The Bertz CT molecular complexity index is 512. The molecule has 0 bridgehead atoms. The summed E-state index contributed by atoms with van der Waals surface area (Å²) in [7, 11) is 0. The fourth-order valence-corrected chi connectivity index (χ4v) is 2.08. The largest absolute Gasteiger partial charge is 0.264 e. The fourth-order valence-electron chi connectivity index (χ4n) is 1.85.